The summed E-state index contributed by atoms with van der Waals surface area (Å²) in [7, 11) is 0. The predicted molar refractivity (Wildman–Crippen MR) is 91.2 cm³/mol. The van der Waals surface area contributed by atoms with Gasteiger partial charge in [-0.3, -0.25) is 4.39 Å². The quantitative estimate of drug-likeness (QED) is 0.516. The van der Waals surface area contributed by atoms with Crippen molar-refractivity contribution in [2.24, 2.45) is 0 Å². The number of fused-ring (bicyclic) bond motifs is 1. The van der Waals surface area contributed by atoms with Gasteiger partial charge in [-0.15, -0.1) is 0 Å². The van der Waals surface area contributed by atoms with Gasteiger partial charge in [0.1, 0.15) is 17.2 Å². The minimum Gasteiger partial charge on any atom is -0.493 e. The fourth-order valence-electron chi connectivity index (χ4n) is 2.43. The molecule has 3 aromatic rings. The summed E-state index contributed by atoms with van der Waals surface area (Å²) in [5, 5.41) is 2.22. The molecule has 3 rings (SSSR count). The van der Waals surface area contributed by atoms with E-state index < -0.39 is 0 Å². The molecule has 0 atom stereocenters. The van der Waals surface area contributed by atoms with E-state index in [4.69, 9.17) is 9.47 Å². The van der Waals surface area contributed by atoms with Gasteiger partial charge in [0.25, 0.3) is 0 Å². The van der Waals surface area contributed by atoms with Crippen molar-refractivity contribution in [2.45, 2.75) is 12.8 Å². The molecule has 0 amide bonds. The van der Waals surface area contributed by atoms with Crippen LogP contribution < -0.4 is 9.47 Å². The van der Waals surface area contributed by atoms with Gasteiger partial charge in [-0.05, 0) is 36.4 Å². The molecule has 0 N–H and O–H groups in total. The summed E-state index contributed by atoms with van der Waals surface area (Å²) in [5.41, 5.74) is 0. The standard InChI is InChI=1S/C20H19FO2/c21-13-3-4-14-22-17-9-6-10-18(15-17)23-20-12-5-8-16-7-1-2-11-19(16)20/h1-2,5-12,15H,3-4,13-14H2. The molecular weight excluding hydrogens is 291 g/mol. The normalized spacial score (nSPS) is 10.7. The Kier molecular flexibility index (Phi) is 5.09. The first kappa shape index (κ1) is 15.3. The van der Waals surface area contributed by atoms with Crippen LogP contribution in [0.3, 0.4) is 0 Å². The Morgan fingerprint density at radius 1 is 0.783 bits per heavy atom. The lowest BCUT2D eigenvalue weighted by molar-refractivity contribution is 0.296. The van der Waals surface area contributed by atoms with Crippen molar-refractivity contribution in [3.8, 4) is 17.2 Å². The average Bonchev–Trinajstić information content (AvgIpc) is 2.60. The average molecular weight is 310 g/mol. The molecule has 0 unspecified atom stereocenters. The number of halogens is 1. The van der Waals surface area contributed by atoms with Gasteiger partial charge in [0.05, 0.1) is 13.3 Å². The van der Waals surface area contributed by atoms with Gasteiger partial charge in [0, 0.05) is 11.5 Å². The Morgan fingerprint density at radius 2 is 1.57 bits per heavy atom. The molecule has 0 fully saturated rings. The summed E-state index contributed by atoms with van der Waals surface area (Å²) in [6, 6.07) is 21.6. The second-order valence-electron chi connectivity index (χ2n) is 5.30. The molecule has 0 aliphatic rings. The molecule has 0 aromatic heterocycles. The molecule has 0 bridgehead atoms. The number of unbranched alkanes of at least 4 members (excludes halogenated alkanes) is 1. The Morgan fingerprint density at radius 3 is 2.48 bits per heavy atom. The highest BCUT2D eigenvalue weighted by molar-refractivity contribution is 5.88. The van der Waals surface area contributed by atoms with E-state index in [2.05, 4.69) is 12.1 Å². The molecule has 2 nitrogen and oxygen atoms in total. The number of alkyl halides is 1. The number of hydrogen-bond acceptors (Lipinski definition) is 2. The minimum atomic E-state index is -0.298. The van der Waals surface area contributed by atoms with E-state index >= 15 is 0 Å². The van der Waals surface area contributed by atoms with Crippen molar-refractivity contribution in [1.82, 2.24) is 0 Å². The molecule has 3 aromatic carbocycles. The SMILES string of the molecule is FCCCCOc1cccc(Oc2cccc3ccccc23)c1. The number of ether oxygens (including phenoxy) is 2. The number of hydrogen-bond donors (Lipinski definition) is 0. The molecule has 0 aliphatic heterocycles. The zero-order valence-corrected chi connectivity index (χ0v) is 12.9. The van der Waals surface area contributed by atoms with Crippen LogP contribution in [0.2, 0.25) is 0 Å². The van der Waals surface area contributed by atoms with Crippen molar-refractivity contribution >= 4 is 10.8 Å². The highest BCUT2D eigenvalue weighted by atomic mass is 19.1. The molecule has 0 saturated heterocycles. The van der Waals surface area contributed by atoms with Crippen molar-refractivity contribution < 1.29 is 13.9 Å². The van der Waals surface area contributed by atoms with Gasteiger partial charge in [-0.1, -0.05) is 42.5 Å². The van der Waals surface area contributed by atoms with Crippen LogP contribution in [0.5, 0.6) is 17.2 Å². The molecule has 3 heteroatoms. The maximum Gasteiger partial charge on any atom is 0.135 e. The topological polar surface area (TPSA) is 18.5 Å². The maximum atomic E-state index is 12.1. The van der Waals surface area contributed by atoms with E-state index in [-0.39, 0.29) is 6.67 Å². The molecule has 118 valence electrons. The zero-order valence-electron chi connectivity index (χ0n) is 12.9. The zero-order chi connectivity index (χ0) is 15.9. The van der Waals surface area contributed by atoms with E-state index in [1.54, 1.807) is 0 Å². The lowest BCUT2D eigenvalue weighted by atomic mass is 10.1. The monoisotopic (exact) mass is 310 g/mol. The molecule has 0 spiro atoms. The Hall–Kier alpha value is -2.55. The molecule has 23 heavy (non-hydrogen) atoms. The second-order valence-corrected chi connectivity index (χ2v) is 5.30. The summed E-state index contributed by atoms with van der Waals surface area (Å²) in [4.78, 5) is 0. The third-order valence-electron chi connectivity index (χ3n) is 3.58. The molecule has 0 aliphatic carbocycles. The van der Waals surface area contributed by atoms with Crippen molar-refractivity contribution in [2.75, 3.05) is 13.3 Å². The van der Waals surface area contributed by atoms with Gasteiger partial charge >= 0.3 is 0 Å². The van der Waals surface area contributed by atoms with E-state index in [1.807, 2.05) is 54.6 Å². The van der Waals surface area contributed by atoms with Crippen molar-refractivity contribution in [3.05, 3.63) is 66.7 Å². The van der Waals surface area contributed by atoms with Crippen LogP contribution >= 0.6 is 0 Å². The fourth-order valence-corrected chi connectivity index (χ4v) is 2.43. The van der Waals surface area contributed by atoms with E-state index in [0.717, 1.165) is 28.0 Å². The maximum absolute atomic E-state index is 12.1. The van der Waals surface area contributed by atoms with E-state index in [9.17, 15) is 4.39 Å². The summed E-state index contributed by atoms with van der Waals surface area (Å²) < 4.78 is 23.7. The summed E-state index contributed by atoms with van der Waals surface area (Å²) in [5.74, 6) is 2.28. The molecule has 0 heterocycles. The lowest BCUT2D eigenvalue weighted by Gasteiger charge is -2.11. The number of rotatable bonds is 7. The van der Waals surface area contributed by atoms with E-state index in [1.165, 1.54) is 0 Å². The third kappa shape index (κ3) is 4.01. The first-order chi connectivity index (χ1) is 11.4. The van der Waals surface area contributed by atoms with Gasteiger partial charge < -0.3 is 9.47 Å². The van der Waals surface area contributed by atoms with Crippen LogP contribution in [0.4, 0.5) is 4.39 Å². The van der Waals surface area contributed by atoms with Gasteiger partial charge in [0.2, 0.25) is 0 Å². The number of benzene rings is 3. The summed E-state index contributed by atoms with van der Waals surface area (Å²) >= 11 is 0. The smallest absolute Gasteiger partial charge is 0.135 e. The van der Waals surface area contributed by atoms with Crippen molar-refractivity contribution in [3.63, 3.8) is 0 Å². The van der Waals surface area contributed by atoms with Crippen LogP contribution in [0.1, 0.15) is 12.8 Å². The van der Waals surface area contributed by atoms with Crippen molar-refractivity contribution in [1.29, 1.82) is 0 Å². The predicted octanol–water partition coefficient (Wildman–Crippen LogP) is 5.76. The van der Waals surface area contributed by atoms with Gasteiger partial charge in [0.15, 0.2) is 0 Å². The van der Waals surface area contributed by atoms with Crippen LogP contribution in [-0.2, 0) is 0 Å². The van der Waals surface area contributed by atoms with E-state index in [0.29, 0.717) is 19.4 Å². The third-order valence-corrected chi connectivity index (χ3v) is 3.58. The Bertz CT molecular complexity index is 765. The Labute approximate surface area is 135 Å². The molecule has 0 radical (unpaired) electrons. The van der Waals surface area contributed by atoms with Crippen LogP contribution in [-0.4, -0.2) is 13.3 Å². The summed E-state index contributed by atoms with van der Waals surface area (Å²) in [6.07, 6.45) is 1.25. The first-order valence-corrected chi connectivity index (χ1v) is 7.81. The first-order valence-electron chi connectivity index (χ1n) is 7.81. The largest absolute Gasteiger partial charge is 0.493 e. The minimum absolute atomic E-state index is 0.298. The lowest BCUT2D eigenvalue weighted by Crippen LogP contribution is -1.97. The molecule has 0 saturated carbocycles. The highest BCUT2D eigenvalue weighted by Gasteiger charge is 2.04. The van der Waals surface area contributed by atoms with Gasteiger partial charge in [-0.2, -0.15) is 0 Å². The molecular formula is C20H19FO2. The summed E-state index contributed by atoms with van der Waals surface area (Å²) in [6.45, 7) is 0.217. The fraction of sp³-hybridized carbons (Fsp3) is 0.200. The van der Waals surface area contributed by atoms with Gasteiger partial charge in [-0.25, -0.2) is 0 Å². The van der Waals surface area contributed by atoms with Crippen LogP contribution in [0.15, 0.2) is 66.7 Å². The van der Waals surface area contributed by atoms with Crippen LogP contribution in [0, 0.1) is 0 Å². The highest BCUT2D eigenvalue weighted by Crippen LogP contribution is 2.31. The van der Waals surface area contributed by atoms with Crippen LogP contribution in [0.25, 0.3) is 10.8 Å². The second kappa shape index (κ2) is 7.63. The Balaban J connectivity index is 1.74.